The SMILES string of the molecule is O=C([O-])CCC(=O)[O-].O=C([O-])c1ccccc1C(=O)O.O=S(=O)([O-])[O-].[NH4+].[NH4+].[NH4+].[NH4+].[NH4+]. The summed E-state index contributed by atoms with van der Waals surface area (Å²) in [6.45, 7) is 0. The maximum absolute atomic E-state index is 10.4. The van der Waals surface area contributed by atoms with Crippen LogP contribution in [-0.4, -0.2) is 46.5 Å². The van der Waals surface area contributed by atoms with Crippen LogP contribution in [0.3, 0.4) is 0 Å². The van der Waals surface area contributed by atoms with Crippen molar-refractivity contribution < 1.29 is 57.1 Å². The van der Waals surface area contributed by atoms with Crippen molar-refractivity contribution in [3.8, 4) is 0 Å². The summed E-state index contributed by atoms with van der Waals surface area (Å²) in [5.74, 6) is -5.48. The number of hydrogen-bond donors (Lipinski definition) is 6. The molecule has 21 N–H and O–H groups in total. The van der Waals surface area contributed by atoms with Crippen LogP contribution < -0.4 is 46.1 Å². The zero-order valence-corrected chi connectivity index (χ0v) is 17.9. The molecule has 0 bridgehead atoms. The van der Waals surface area contributed by atoms with Gasteiger partial charge in [0.2, 0.25) is 0 Å². The standard InChI is InChI=1S/C8H6O4.C4H6O4.5H3N.H2O4S/c9-7(10)5-3-1-2-4-6(5)8(11)12;5-3(6)1-2-4(7)8;;;;;;1-5(2,3)4/h1-4H,(H,9,10)(H,11,12);1-2H2,(H,5,6)(H,7,8);5*1H3;(H2,1,2,3,4). The normalized spacial score (nSPS) is 7.93. The van der Waals surface area contributed by atoms with Crippen molar-refractivity contribution in [1.82, 2.24) is 30.8 Å². The third kappa shape index (κ3) is 32.4. The van der Waals surface area contributed by atoms with Gasteiger partial charge < -0.3 is 74.7 Å². The van der Waals surface area contributed by atoms with Gasteiger partial charge >= 0.3 is 5.97 Å². The smallest absolute Gasteiger partial charge is 0.336 e. The molecule has 0 radical (unpaired) electrons. The second-order valence-electron chi connectivity index (χ2n) is 3.79. The van der Waals surface area contributed by atoms with Crippen molar-refractivity contribution in [2.75, 3.05) is 0 Å². The molecule has 0 spiro atoms. The first kappa shape index (κ1) is 45.5. The Balaban J connectivity index is -0.0000000527. The number of carbonyl (C=O) groups is 4. The minimum Gasteiger partial charge on any atom is -0.759 e. The molecule has 0 fully saturated rings. The van der Waals surface area contributed by atoms with Crippen LogP contribution in [0.2, 0.25) is 0 Å². The van der Waals surface area contributed by atoms with E-state index in [-0.39, 0.29) is 41.9 Å². The largest absolute Gasteiger partial charge is 0.759 e. The predicted molar refractivity (Wildman–Crippen MR) is 97.4 cm³/mol. The molecule has 1 aromatic carbocycles. The Hall–Kier alpha value is -3.23. The topological polar surface area (TPSA) is 420 Å². The Bertz CT molecular complexity index is 686. The van der Waals surface area contributed by atoms with Gasteiger partial charge in [0.25, 0.3) is 0 Å². The van der Waals surface area contributed by atoms with Crippen LogP contribution in [0.15, 0.2) is 24.3 Å². The van der Waals surface area contributed by atoms with E-state index in [0.717, 1.165) is 0 Å². The van der Waals surface area contributed by atoms with Crippen LogP contribution >= 0.6 is 0 Å². The molecule has 1 aromatic rings. The molecule has 0 aliphatic rings. The van der Waals surface area contributed by atoms with E-state index in [1.165, 1.54) is 24.3 Å². The number of quaternary nitrogens is 5. The lowest BCUT2D eigenvalue weighted by Gasteiger charge is -2.06. The van der Waals surface area contributed by atoms with Gasteiger partial charge in [-0.3, -0.25) is 8.42 Å². The van der Waals surface area contributed by atoms with E-state index in [2.05, 4.69) is 0 Å². The summed E-state index contributed by atoms with van der Waals surface area (Å²) >= 11 is 0. The highest BCUT2D eigenvalue weighted by Crippen LogP contribution is 2.06. The Kier molecular flexibility index (Phi) is 33.5. The first-order chi connectivity index (χ1) is 11.3. The summed E-state index contributed by atoms with van der Waals surface area (Å²) in [6.07, 6.45) is -0.940. The molecule has 0 heterocycles. The number of carboxylic acids is 4. The monoisotopic (exact) mass is 467 g/mol. The van der Waals surface area contributed by atoms with Crippen LogP contribution in [-0.2, 0) is 20.0 Å². The molecule has 180 valence electrons. The van der Waals surface area contributed by atoms with Crippen LogP contribution in [0.1, 0.15) is 33.6 Å². The van der Waals surface area contributed by atoms with E-state index in [4.69, 9.17) is 22.6 Å². The summed E-state index contributed by atoms with van der Waals surface area (Å²) in [4.78, 5) is 39.8. The van der Waals surface area contributed by atoms with Gasteiger partial charge in [0.05, 0.1) is 11.5 Å². The van der Waals surface area contributed by atoms with Crippen molar-refractivity contribution in [3.63, 3.8) is 0 Å². The third-order valence-corrected chi connectivity index (χ3v) is 1.91. The molecule has 0 atom stereocenters. The summed E-state index contributed by atoms with van der Waals surface area (Å²) in [6, 6.07) is 5.31. The second kappa shape index (κ2) is 22.1. The highest BCUT2D eigenvalue weighted by atomic mass is 32.3. The lowest BCUT2D eigenvalue weighted by Crippen LogP contribution is -2.27. The van der Waals surface area contributed by atoms with Crippen molar-refractivity contribution in [3.05, 3.63) is 35.4 Å². The number of carbonyl (C=O) groups excluding carboxylic acids is 3. The fraction of sp³-hybridized carbons (Fsp3) is 0.167. The van der Waals surface area contributed by atoms with Crippen LogP contribution in [0.5, 0.6) is 0 Å². The predicted octanol–water partition coefficient (Wildman–Crippen LogP) is -2.44. The number of carboxylic acid groups (broad SMARTS) is 4. The van der Waals surface area contributed by atoms with Crippen LogP contribution in [0.4, 0.5) is 0 Å². The first-order valence-electron chi connectivity index (χ1n) is 5.85. The minimum absolute atomic E-state index is 0. The Labute approximate surface area is 171 Å². The molecule has 17 nitrogen and oxygen atoms in total. The second-order valence-corrected chi connectivity index (χ2v) is 4.61. The van der Waals surface area contributed by atoms with Crippen molar-refractivity contribution in [1.29, 1.82) is 0 Å². The van der Waals surface area contributed by atoms with E-state index in [1.807, 2.05) is 0 Å². The fourth-order valence-electron chi connectivity index (χ4n) is 1.05. The number of hydrogen-bond acceptors (Lipinski definition) is 11. The molecule has 0 aliphatic carbocycles. The molecule has 0 unspecified atom stereocenters. The molecule has 1 rings (SSSR count). The number of benzene rings is 1. The lowest BCUT2D eigenvalue weighted by molar-refractivity contribution is -0.315. The molecule has 0 aromatic heterocycles. The molecule has 0 saturated carbocycles. The molecule has 30 heavy (non-hydrogen) atoms. The maximum atomic E-state index is 10.4. The van der Waals surface area contributed by atoms with Gasteiger partial charge in [0.1, 0.15) is 0 Å². The van der Waals surface area contributed by atoms with Gasteiger partial charge in [0, 0.05) is 27.9 Å². The van der Waals surface area contributed by atoms with Crippen LogP contribution in [0.25, 0.3) is 0 Å². The van der Waals surface area contributed by atoms with Gasteiger partial charge in [-0.25, -0.2) is 4.79 Å². The lowest BCUT2D eigenvalue weighted by atomic mass is 10.1. The summed E-state index contributed by atoms with van der Waals surface area (Å²) < 4.78 is 34.1. The summed E-state index contributed by atoms with van der Waals surface area (Å²) in [5, 5.41) is 37.9. The Morgan fingerprint density at radius 1 is 0.733 bits per heavy atom. The Morgan fingerprint density at radius 3 is 1.17 bits per heavy atom. The highest BCUT2D eigenvalue weighted by Gasteiger charge is 2.08. The van der Waals surface area contributed by atoms with E-state index >= 15 is 0 Å². The number of rotatable bonds is 5. The summed E-state index contributed by atoms with van der Waals surface area (Å²) in [7, 11) is -5.17. The average molecular weight is 467 g/mol. The number of aliphatic carboxylic acids is 2. The van der Waals surface area contributed by atoms with Gasteiger partial charge in [-0.15, -0.1) is 0 Å². The van der Waals surface area contributed by atoms with E-state index in [9.17, 15) is 34.5 Å². The number of aromatic carboxylic acids is 2. The fourth-order valence-corrected chi connectivity index (χ4v) is 1.05. The van der Waals surface area contributed by atoms with E-state index in [1.54, 1.807) is 0 Å². The zero-order chi connectivity index (χ0) is 20.2. The minimum atomic E-state index is -5.17. The maximum Gasteiger partial charge on any atom is 0.336 e. The molecule has 18 heteroatoms. The van der Waals surface area contributed by atoms with E-state index in [0.29, 0.717) is 0 Å². The summed E-state index contributed by atoms with van der Waals surface area (Å²) in [5.41, 5.74) is -0.553. The van der Waals surface area contributed by atoms with Gasteiger partial charge in [0.15, 0.2) is 0 Å². The first-order valence-corrected chi connectivity index (χ1v) is 7.19. The van der Waals surface area contributed by atoms with Gasteiger partial charge in [-0.05, 0) is 18.9 Å². The molecule has 0 aliphatic heterocycles. The zero-order valence-electron chi connectivity index (χ0n) is 17.1. The van der Waals surface area contributed by atoms with Crippen molar-refractivity contribution >= 4 is 34.3 Å². The molecule has 0 saturated heterocycles. The highest BCUT2D eigenvalue weighted by molar-refractivity contribution is 7.79. The van der Waals surface area contributed by atoms with Gasteiger partial charge in [-0.2, -0.15) is 0 Å². The van der Waals surface area contributed by atoms with Gasteiger partial charge in [-0.1, -0.05) is 18.2 Å². The molecule has 0 amide bonds. The van der Waals surface area contributed by atoms with Crippen LogP contribution in [0, 0.1) is 0 Å². The Morgan fingerprint density at radius 2 is 1.00 bits per heavy atom. The third-order valence-electron chi connectivity index (χ3n) is 1.91. The molecular formula is C12H29N5O12S. The average Bonchev–Trinajstić information content (AvgIpc) is 2.44. The van der Waals surface area contributed by atoms with Crippen molar-refractivity contribution in [2.24, 2.45) is 0 Å². The van der Waals surface area contributed by atoms with Crippen molar-refractivity contribution in [2.45, 2.75) is 12.8 Å². The molecular weight excluding hydrogens is 438 g/mol. The van der Waals surface area contributed by atoms with E-state index < -0.39 is 47.1 Å². The quantitative estimate of drug-likeness (QED) is 0.194.